The second-order valence-electron chi connectivity index (χ2n) is 7.45. The first kappa shape index (κ1) is 24.6. The molecule has 31 heavy (non-hydrogen) atoms. The van der Waals surface area contributed by atoms with E-state index in [1.165, 1.54) is 16.4 Å². The van der Waals surface area contributed by atoms with E-state index < -0.39 is 4.75 Å². The van der Waals surface area contributed by atoms with Gasteiger partial charge in [0.25, 0.3) is 5.56 Å². The molecule has 0 saturated carbocycles. The predicted octanol–water partition coefficient (Wildman–Crippen LogP) is 3.90. The lowest BCUT2D eigenvalue weighted by Crippen LogP contribution is -2.29. The van der Waals surface area contributed by atoms with Gasteiger partial charge in [0.05, 0.1) is 18.9 Å². The number of carbonyl (C=O) groups excluding carboxylic acids is 1. The number of ether oxygens (including phenoxy) is 2. The Kier molecular flexibility index (Phi) is 8.79. The number of hydrogen-bond acceptors (Lipinski definition) is 7. The van der Waals surface area contributed by atoms with E-state index >= 15 is 0 Å². The summed E-state index contributed by atoms with van der Waals surface area (Å²) < 4.78 is 11.7. The zero-order chi connectivity index (χ0) is 23.0. The molecule has 0 aliphatic carbocycles. The molecule has 3 N–H and O–H groups in total. The largest absolute Gasteiger partial charge is 0.492 e. The molecule has 9 heteroatoms. The van der Waals surface area contributed by atoms with Crippen molar-refractivity contribution in [2.75, 3.05) is 25.6 Å². The van der Waals surface area contributed by atoms with Crippen LogP contribution in [0.2, 0.25) is 0 Å². The van der Waals surface area contributed by atoms with Crippen molar-refractivity contribution >= 4 is 29.1 Å². The molecule has 8 nitrogen and oxygen atoms in total. The Hall–Kier alpha value is -2.68. The van der Waals surface area contributed by atoms with Crippen LogP contribution in [0.25, 0.3) is 0 Å². The molecule has 0 fully saturated rings. The number of anilines is 1. The van der Waals surface area contributed by atoms with Gasteiger partial charge < -0.3 is 20.2 Å². The van der Waals surface area contributed by atoms with Gasteiger partial charge in [0.1, 0.15) is 28.5 Å². The lowest BCUT2D eigenvalue weighted by molar-refractivity contribution is -0.145. The van der Waals surface area contributed by atoms with Crippen molar-refractivity contribution in [2.24, 2.45) is 0 Å². The third-order valence-electron chi connectivity index (χ3n) is 4.55. The SMILES string of the molecule is CCCC(=N)c1[nH]n(CCOc2ccc(SC(C)(C)C(=O)OCC)cc2)c(=O)c1NC. The molecule has 0 amide bonds. The van der Waals surface area contributed by atoms with Gasteiger partial charge in [0, 0.05) is 11.9 Å². The van der Waals surface area contributed by atoms with Crippen LogP contribution in [0.1, 0.15) is 46.2 Å². The smallest absolute Gasteiger partial charge is 0.321 e. The number of carbonyl (C=O) groups is 1. The quantitative estimate of drug-likeness (QED) is 0.258. The fourth-order valence-electron chi connectivity index (χ4n) is 2.97. The summed E-state index contributed by atoms with van der Waals surface area (Å²) in [7, 11) is 1.68. The van der Waals surface area contributed by atoms with E-state index in [-0.39, 0.29) is 11.5 Å². The molecule has 0 saturated heterocycles. The molecular formula is C22H32N4O4S. The lowest BCUT2D eigenvalue weighted by Gasteiger charge is -2.21. The van der Waals surface area contributed by atoms with Gasteiger partial charge in [-0.1, -0.05) is 13.3 Å². The van der Waals surface area contributed by atoms with Gasteiger partial charge in [-0.05, 0) is 51.5 Å². The van der Waals surface area contributed by atoms with Crippen molar-refractivity contribution in [1.82, 2.24) is 9.78 Å². The Balaban J connectivity index is 1.97. The Morgan fingerprint density at radius 1 is 1.26 bits per heavy atom. The molecule has 0 spiro atoms. The molecule has 0 unspecified atom stereocenters. The minimum absolute atomic E-state index is 0.199. The Morgan fingerprint density at radius 3 is 2.52 bits per heavy atom. The van der Waals surface area contributed by atoms with Gasteiger partial charge in [0.15, 0.2) is 0 Å². The van der Waals surface area contributed by atoms with Crippen molar-refractivity contribution in [3.8, 4) is 5.75 Å². The number of H-pyrrole nitrogens is 1. The van der Waals surface area contributed by atoms with Crippen LogP contribution in [0.3, 0.4) is 0 Å². The second kappa shape index (κ2) is 11.1. The van der Waals surface area contributed by atoms with Crippen LogP contribution < -0.4 is 15.6 Å². The fraction of sp³-hybridized carbons (Fsp3) is 0.500. The number of rotatable bonds is 12. The highest BCUT2D eigenvalue weighted by molar-refractivity contribution is 8.01. The van der Waals surface area contributed by atoms with E-state index in [2.05, 4.69) is 10.4 Å². The molecule has 2 rings (SSSR count). The fourth-order valence-corrected chi connectivity index (χ4v) is 3.97. The maximum atomic E-state index is 12.5. The molecule has 1 heterocycles. The summed E-state index contributed by atoms with van der Waals surface area (Å²) in [5.74, 6) is 0.426. The van der Waals surface area contributed by atoms with E-state index in [0.29, 0.717) is 49.0 Å². The van der Waals surface area contributed by atoms with E-state index in [1.807, 2.05) is 45.0 Å². The average Bonchev–Trinajstić information content (AvgIpc) is 3.05. The van der Waals surface area contributed by atoms with Crippen LogP contribution in [-0.4, -0.2) is 46.5 Å². The minimum Gasteiger partial charge on any atom is -0.492 e. The first-order chi connectivity index (χ1) is 14.7. The lowest BCUT2D eigenvalue weighted by atomic mass is 10.1. The minimum atomic E-state index is -0.679. The highest BCUT2D eigenvalue weighted by Gasteiger charge is 2.30. The van der Waals surface area contributed by atoms with Crippen LogP contribution in [0.15, 0.2) is 34.0 Å². The second-order valence-corrected chi connectivity index (χ2v) is 9.15. The topological polar surface area (TPSA) is 109 Å². The number of esters is 1. The summed E-state index contributed by atoms with van der Waals surface area (Å²) in [4.78, 5) is 25.5. The van der Waals surface area contributed by atoms with Gasteiger partial charge in [-0.2, -0.15) is 0 Å². The number of aromatic amines is 1. The summed E-state index contributed by atoms with van der Waals surface area (Å²) in [6.07, 6.45) is 1.44. The first-order valence-corrected chi connectivity index (χ1v) is 11.2. The third-order valence-corrected chi connectivity index (χ3v) is 5.74. The van der Waals surface area contributed by atoms with Crippen LogP contribution in [0.4, 0.5) is 5.69 Å². The molecular weight excluding hydrogens is 416 g/mol. The van der Waals surface area contributed by atoms with Crippen LogP contribution in [-0.2, 0) is 16.1 Å². The van der Waals surface area contributed by atoms with Gasteiger partial charge >= 0.3 is 5.97 Å². The standard InChI is InChI=1S/C22H32N4O4S/c1-6-8-17(23)18-19(24-5)20(27)26(25-18)13-14-30-15-9-11-16(12-10-15)31-22(3,4)21(28)29-7-2/h9-12,23-25H,6-8,13-14H2,1-5H3. The number of benzene rings is 1. The Morgan fingerprint density at radius 2 is 1.94 bits per heavy atom. The molecule has 0 aliphatic heterocycles. The Labute approximate surface area is 187 Å². The molecule has 0 aliphatic rings. The van der Waals surface area contributed by atoms with Crippen molar-refractivity contribution in [2.45, 2.75) is 56.7 Å². The van der Waals surface area contributed by atoms with E-state index in [1.54, 1.807) is 14.0 Å². The van der Waals surface area contributed by atoms with Gasteiger partial charge in [-0.3, -0.25) is 14.7 Å². The number of aromatic nitrogens is 2. The van der Waals surface area contributed by atoms with E-state index in [9.17, 15) is 9.59 Å². The van der Waals surface area contributed by atoms with Crippen molar-refractivity contribution in [3.05, 3.63) is 40.3 Å². The molecule has 0 atom stereocenters. The molecule has 1 aromatic carbocycles. The third kappa shape index (κ3) is 6.40. The maximum absolute atomic E-state index is 12.5. The van der Waals surface area contributed by atoms with Crippen molar-refractivity contribution in [1.29, 1.82) is 5.41 Å². The molecule has 0 radical (unpaired) electrons. The zero-order valence-corrected chi connectivity index (χ0v) is 19.6. The number of nitrogens with zero attached hydrogens (tertiary/aromatic N) is 1. The summed E-state index contributed by atoms with van der Waals surface area (Å²) in [5, 5.41) is 14.1. The Bertz CT molecular complexity index is 947. The van der Waals surface area contributed by atoms with Crippen LogP contribution in [0, 0.1) is 5.41 Å². The average molecular weight is 449 g/mol. The summed E-state index contributed by atoms with van der Waals surface area (Å²) in [6, 6.07) is 7.46. The van der Waals surface area contributed by atoms with Crippen molar-refractivity contribution in [3.63, 3.8) is 0 Å². The highest BCUT2D eigenvalue weighted by atomic mass is 32.2. The molecule has 0 bridgehead atoms. The number of thioether (sulfide) groups is 1. The maximum Gasteiger partial charge on any atom is 0.321 e. The molecule has 170 valence electrons. The van der Waals surface area contributed by atoms with Crippen LogP contribution >= 0.6 is 11.8 Å². The van der Waals surface area contributed by atoms with E-state index in [0.717, 1.165) is 11.3 Å². The van der Waals surface area contributed by atoms with E-state index in [4.69, 9.17) is 14.9 Å². The molecule has 2 aromatic rings. The summed E-state index contributed by atoms with van der Waals surface area (Å²) >= 11 is 1.43. The first-order valence-electron chi connectivity index (χ1n) is 10.4. The van der Waals surface area contributed by atoms with Gasteiger partial charge in [-0.25, -0.2) is 4.68 Å². The normalized spacial score (nSPS) is 11.3. The predicted molar refractivity (Wildman–Crippen MR) is 125 cm³/mol. The highest BCUT2D eigenvalue weighted by Crippen LogP contribution is 2.34. The number of nitrogens with one attached hydrogen (secondary N) is 3. The zero-order valence-electron chi connectivity index (χ0n) is 18.8. The van der Waals surface area contributed by atoms with Crippen LogP contribution in [0.5, 0.6) is 5.75 Å². The molecule has 1 aromatic heterocycles. The summed E-state index contributed by atoms with van der Waals surface area (Å²) in [5.41, 5.74) is 1.14. The van der Waals surface area contributed by atoms with Crippen molar-refractivity contribution < 1.29 is 14.3 Å². The number of hydrogen-bond donors (Lipinski definition) is 3. The monoisotopic (exact) mass is 448 g/mol. The van der Waals surface area contributed by atoms with Gasteiger partial charge in [-0.15, -0.1) is 11.8 Å². The van der Waals surface area contributed by atoms with Gasteiger partial charge in [0.2, 0.25) is 0 Å². The summed E-state index contributed by atoms with van der Waals surface area (Å²) in [6.45, 7) is 8.45.